The Balaban J connectivity index is 2.32. The van der Waals surface area contributed by atoms with E-state index < -0.39 is 5.82 Å². The third-order valence-corrected chi connectivity index (χ3v) is 2.58. The maximum atomic E-state index is 12.9. The smallest absolute Gasteiger partial charge is 0.124 e. The standard InChI is InChI=1S/C11H11FN2O/c12-9-1-2-11(8(5-9)6-13)14-4-3-10(15)7-14/h1-2,5,10,15H,3-4,7H2/t10-/m0/s1. The van der Waals surface area contributed by atoms with Crippen molar-refractivity contribution in [1.29, 1.82) is 5.26 Å². The number of halogens is 1. The third-order valence-electron chi connectivity index (χ3n) is 2.58. The molecule has 1 aromatic carbocycles. The number of β-amino-alcohol motifs (C(OH)–C–C–N with tert-alkyl or cyclic N) is 1. The Kier molecular flexibility index (Phi) is 2.57. The molecule has 0 bridgehead atoms. The molecule has 1 atom stereocenters. The van der Waals surface area contributed by atoms with Crippen LogP contribution in [0.3, 0.4) is 0 Å². The zero-order chi connectivity index (χ0) is 10.8. The van der Waals surface area contributed by atoms with E-state index in [0.29, 0.717) is 30.8 Å². The van der Waals surface area contributed by atoms with Gasteiger partial charge in [0.15, 0.2) is 0 Å². The first-order valence-electron chi connectivity index (χ1n) is 4.83. The predicted octanol–water partition coefficient (Wildman–Crippen LogP) is 1.27. The highest BCUT2D eigenvalue weighted by Gasteiger charge is 2.22. The molecule has 1 N–H and O–H groups in total. The summed E-state index contributed by atoms with van der Waals surface area (Å²) in [6, 6.07) is 6.11. The normalized spacial score (nSPS) is 20.3. The second kappa shape index (κ2) is 3.87. The molecule has 0 unspecified atom stereocenters. The van der Waals surface area contributed by atoms with Gasteiger partial charge in [-0.05, 0) is 24.6 Å². The van der Waals surface area contributed by atoms with E-state index in [1.165, 1.54) is 12.1 Å². The quantitative estimate of drug-likeness (QED) is 0.752. The topological polar surface area (TPSA) is 47.3 Å². The second-order valence-electron chi connectivity index (χ2n) is 3.66. The molecule has 1 aromatic rings. The lowest BCUT2D eigenvalue weighted by molar-refractivity contribution is 0.198. The number of nitrogens with zero attached hydrogens (tertiary/aromatic N) is 2. The summed E-state index contributed by atoms with van der Waals surface area (Å²) in [5.74, 6) is -0.407. The molecule has 0 radical (unpaired) electrons. The summed E-state index contributed by atoms with van der Waals surface area (Å²) in [6.45, 7) is 1.22. The summed E-state index contributed by atoms with van der Waals surface area (Å²) in [5, 5.41) is 18.2. The largest absolute Gasteiger partial charge is 0.391 e. The van der Waals surface area contributed by atoms with Crippen molar-refractivity contribution in [3.05, 3.63) is 29.6 Å². The van der Waals surface area contributed by atoms with E-state index in [-0.39, 0.29) is 6.10 Å². The zero-order valence-corrected chi connectivity index (χ0v) is 8.15. The maximum Gasteiger partial charge on any atom is 0.124 e. The molecule has 0 saturated carbocycles. The first-order chi connectivity index (χ1) is 7.20. The number of aliphatic hydroxyl groups excluding tert-OH is 1. The van der Waals surface area contributed by atoms with Gasteiger partial charge in [-0.1, -0.05) is 0 Å². The molecule has 0 aliphatic carbocycles. The third kappa shape index (κ3) is 1.92. The van der Waals surface area contributed by atoms with Gasteiger partial charge in [0.1, 0.15) is 11.9 Å². The highest BCUT2D eigenvalue weighted by atomic mass is 19.1. The molecule has 0 amide bonds. The lowest BCUT2D eigenvalue weighted by Gasteiger charge is -2.18. The fraction of sp³-hybridized carbons (Fsp3) is 0.364. The van der Waals surface area contributed by atoms with Gasteiger partial charge in [0, 0.05) is 13.1 Å². The van der Waals surface area contributed by atoms with Crippen molar-refractivity contribution in [2.45, 2.75) is 12.5 Å². The molecular formula is C11H11FN2O. The van der Waals surface area contributed by atoms with Gasteiger partial charge in [-0.15, -0.1) is 0 Å². The summed E-state index contributed by atoms with van der Waals surface area (Å²) in [7, 11) is 0. The van der Waals surface area contributed by atoms with Crippen LogP contribution in [-0.2, 0) is 0 Å². The van der Waals surface area contributed by atoms with Gasteiger partial charge in [-0.3, -0.25) is 0 Å². The van der Waals surface area contributed by atoms with E-state index in [4.69, 9.17) is 5.26 Å². The minimum atomic E-state index is -0.407. The van der Waals surface area contributed by atoms with Crippen LogP contribution in [0.1, 0.15) is 12.0 Å². The average Bonchev–Trinajstić information content (AvgIpc) is 2.64. The van der Waals surface area contributed by atoms with Crippen LogP contribution in [0.4, 0.5) is 10.1 Å². The number of rotatable bonds is 1. The molecular weight excluding hydrogens is 195 g/mol. The SMILES string of the molecule is N#Cc1cc(F)ccc1N1CC[C@H](O)C1. The second-order valence-corrected chi connectivity index (χ2v) is 3.66. The van der Waals surface area contributed by atoms with Crippen molar-refractivity contribution in [1.82, 2.24) is 0 Å². The minimum Gasteiger partial charge on any atom is -0.391 e. The van der Waals surface area contributed by atoms with E-state index in [1.807, 2.05) is 11.0 Å². The Bertz CT molecular complexity index is 414. The summed E-state index contributed by atoms with van der Waals surface area (Å²) in [5.41, 5.74) is 1.03. The van der Waals surface area contributed by atoms with Crippen LogP contribution in [-0.4, -0.2) is 24.3 Å². The van der Waals surface area contributed by atoms with Crippen molar-refractivity contribution in [2.24, 2.45) is 0 Å². The molecule has 0 aromatic heterocycles. The highest BCUT2D eigenvalue weighted by Crippen LogP contribution is 2.24. The number of hydrogen-bond acceptors (Lipinski definition) is 3. The summed E-state index contributed by atoms with van der Waals surface area (Å²) >= 11 is 0. The van der Waals surface area contributed by atoms with E-state index >= 15 is 0 Å². The van der Waals surface area contributed by atoms with Crippen LogP contribution in [0.15, 0.2) is 18.2 Å². The molecule has 0 spiro atoms. The first-order valence-corrected chi connectivity index (χ1v) is 4.83. The van der Waals surface area contributed by atoms with Crippen LogP contribution < -0.4 is 4.90 Å². The molecule has 1 aliphatic rings. The molecule has 2 rings (SSSR count). The van der Waals surface area contributed by atoms with E-state index in [2.05, 4.69) is 0 Å². The van der Waals surface area contributed by atoms with Gasteiger partial charge in [0.2, 0.25) is 0 Å². The molecule has 1 aliphatic heterocycles. The summed E-state index contributed by atoms with van der Waals surface area (Å²) in [4.78, 5) is 1.91. The van der Waals surface area contributed by atoms with Crippen LogP contribution in [0.25, 0.3) is 0 Å². The van der Waals surface area contributed by atoms with Gasteiger partial charge in [-0.25, -0.2) is 4.39 Å². The van der Waals surface area contributed by atoms with Crippen LogP contribution >= 0.6 is 0 Å². The number of nitriles is 1. The van der Waals surface area contributed by atoms with Gasteiger partial charge < -0.3 is 10.0 Å². The fourth-order valence-electron chi connectivity index (χ4n) is 1.83. The minimum absolute atomic E-state index is 0.323. The Labute approximate surface area is 87.4 Å². The first kappa shape index (κ1) is 9.94. The monoisotopic (exact) mass is 206 g/mol. The molecule has 1 saturated heterocycles. The van der Waals surface area contributed by atoms with Gasteiger partial charge in [-0.2, -0.15) is 5.26 Å². The average molecular weight is 206 g/mol. The predicted molar refractivity (Wildman–Crippen MR) is 54.0 cm³/mol. The van der Waals surface area contributed by atoms with E-state index in [1.54, 1.807) is 6.07 Å². The highest BCUT2D eigenvalue weighted by molar-refractivity contribution is 5.60. The Hall–Kier alpha value is -1.60. The number of anilines is 1. The maximum absolute atomic E-state index is 12.9. The fourth-order valence-corrected chi connectivity index (χ4v) is 1.83. The van der Waals surface area contributed by atoms with Crippen molar-refractivity contribution < 1.29 is 9.50 Å². The van der Waals surface area contributed by atoms with Crippen LogP contribution in [0, 0.1) is 17.1 Å². The van der Waals surface area contributed by atoms with Crippen LogP contribution in [0.5, 0.6) is 0 Å². The summed E-state index contributed by atoms with van der Waals surface area (Å²) in [6.07, 6.45) is 0.351. The molecule has 3 nitrogen and oxygen atoms in total. The van der Waals surface area contributed by atoms with Gasteiger partial charge >= 0.3 is 0 Å². The number of hydrogen-bond donors (Lipinski definition) is 1. The van der Waals surface area contributed by atoms with Gasteiger partial charge in [0.25, 0.3) is 0 Å². The van der Waals surface area contributed by atoms with Crippen molar-refractivity contribution in [3.63, 3.8) is 0 Å². The number of benzene rings is 1. The Morgan fingerprint density at radius 1 is 1.53 bits per heavy atom. The van der Waals surface area contributed by atoms with E-state index in [0.717, 1.165) is 0 Å². The summed E-state index contributed by atoms with van der Waals surface area (Å²) < 4.78 is 12.9. The molecule has 15 heavy (non-hydrogen) atoms. The lowest BCUT2D eigenvalue weighted by Crippen LogP contribution is -2.22. The molecule has 1 fully saturated rings. The van der Waals surface area contributed by atoms with Crippen molar-refractivity contribution in [2.75, 3.05) is 18.0 Å². The Morgan fingerprint density at radius 3 is 2.93 bits per heavy atom. The zero-order valence-electron chi connectivity index (χ0n) is 8.15. The lowest BCUT2D eigenvalue weighted by atomic mass is 10.2. The van der Waals surface area contributed by atoms with Crippen LogP contribution in [0.2, 0.25) is 0 Å². The van der Waals surface area contributed by atoms with Crippen molar-refractivity contribution >= 4 is 5.69 Å². The van der Waals surface area contributed by atoms with E-state index in [9.17, 15) is 9.50 Å². The molecule has 78 valence electrons. The van der Waals surface area contributed by atoms with Crippen molar-refractivity contribution in [3.8, 4) is 6.07 Å². The Morgan fingerprint density at radius 2 is 2.33 bits per heavy atom. The van der Waals surface area contributed by atoms with Gasteiger partial charge in [0.05, 0.1) is 17.4 Å². The molecule has 4 heteroatoms. The number of aliphatic hydroxyl groups is 1. The molecule has 1 heterocycles.